The van der Waals surface area contributed by atoms with Crippen molar-refractivity contribution in [2.24, 2.45) is 0 Å². The van der Waals surface area contributed by atoms with Crippen molar-refractivity contribution >= 4 is 43.6 Å². The van der Waals surface area contributed by atoms with Gasteiger partial charge in [0.25, 0.3) is 0 Å². The molecule has 4 nitrogen and oxygen atoms in total. The van der Waals surface area contributed by atoms with Crippen LogP contribution in [0.2, 0.25) is 0 Å². The lowest BCUT2D eigenvalue weighted by Gasteiger charge is -2.12. The van der Waals surface area contributed by atoms with Crippen molar-refractivity contribution < 1.29 is 0 Å². The number of para-hydroxylation sites is 3. The number of benzene rings is 9. The van der Waals surface area contributed by atoms with Crippen molar-refractivity contribution in [1.82, 2.24) is 19.1 Å². The molecule has 0 unspecified atom stereocenters. The highest BCUT2D eigenvalue weighted by Crippen LogP contribution is 2.38. The van der Waals surface area contributed by atoms with Gasteiger partial charge in [0.2, 0.25) is 5.95 Å². The van der Waals surface area contributed by atoms with Gasteiger partial charge in [-0.15, -0.1) is 0 Å². The molecule has 12 rings (SSSR count). The van der Waals surface area contributed by atoms with Crippen LogP contribution >= 0.6 is 0 Å². The van der Waals surface area contributed by atoms with E-state index in [1.165, 1.54) is 55.3 Å². The summed E-state index contributed by atoms with van der Waals surface area (Å²) in [5.41, 5.74) is 16.7. The summed E-state index contributed by atoms with van der Waals surface area (Å²) < 4.78 is 4.57. The van der Waals surface area contributed by atoms with Gasteiger partial charge in [-0.1, -0.05) is 176 Å². The van der Waals surface area contributed by atoms with Crippen LogP contribution in [0.3, 0.4) is 0 Å². The van der Waals surface area contributed by atoms with Gasteiger partial charge in [0.05, 0.1) is 33.5 Å². The first-order chi connectivity index (χ1) is 30.7. The Morgan fingerprint density at radius 3 is 1.08 bits per heavy atom. The van der Waals surface area contributed by atoms with Crippen LogP contribution in [0, 0.1) is 0 Å². The molecule has 0 fully saturated rings. The average molecular weight is 791 g/mol. The predicted octanol–water partition coefficient (Wildman–Crippen LogP) is 15.0. The Bertz CT molecular complexity index is 3530. The van der Waals surface area contributed by atoms with Crippen molar-refractivity contribution in [2.75, 3.05) is 0 Å². The molecular weight excluding hydrogens is 753 g/mol. The number of hydrogen-bond acceptors (Lipinski definition) is 2. The largest absolute Gasteiger partial charge is 0.309 e. The molecule has 0 spiro atoms. The molecular formula is C58H38N4. The molecule has 0 amide bonds. The van der Waals surface area contributed by atoms with Gasteiger partial charge in [-0.25, -0.2) is 9.97 Å². The number of fused-ring (bicyclic) bond motifs is 6. The van der Waals surface area contributed by atoms with Gasteiger partial charge in [-0.3, -0.25) is 4.57 Å². The lowest BCUT2D eigenvalue weighted by Crippen LogP contribution is -2.03. The van der Waals surface area contributed by atoms with Crippen LogP contribution in [0.25, 0.3) is 111 Å². The van der Waals surface area contributed by atoms with E-state index in [1.54, 1.807) is 0 Å². The molecule has 0 radical (unpaired) electrons. The second kappa shape index (κ2) is 14.7. The van der Waals surface area contributed by atoms with E-state index in [0.717, 1.165) is 49.9 Å². The minimum atomic E-state index is 0.649. The van der Waals surface area contributed by atoms with E-state index in [1.807, 2.05) is 12.1 Å². The minimum Gasteiger partial charge on any atom is -0.309 e. The molecule has 3 heterocycles. The van der Waals surface area contributed by atoms with Gasteiger partial charge in [-0.2, -0.15) is 0 Å². The summed E-state index contributed by atoms with van der Waals surface area (Å²) in [4.78, 5) is 10.4. The maximum atomic E-state index is 5.20. The third-order valence-corrected chi connectivity index (χ3v) is 12.2. The second-order valence-corrected chi connectivity index (χ2v) is 15.8. The Balaban J connectivity index is 0.872. The van der Waals surface area contributed by atoms with Gasteiger partial charge in [0.15, 0.2) is 0 Å². The Morgan fingerprint density at radius 2 is 0.597 bits per heavy atom. The summed E-state index contributed by atoms with van der Waals surface area (Å²) >= 11 is 0. The zero-order valence-electron chi connectivity index (χ0n) is 33.7. The van der Waals surface area contributed by atoms with E-state index in [0.29, 0.717) is 5.95 Å². The van der Waals surface area contributed by atoms with E-state index < -0.39 is 0 Å². The summed E-state index contributed by atoms with van der Waals surface area (Å²) in [7, 11) is 0. The lowest BCUT2D eigenvalue weighted by atomic mass is 9.97. The molecule has 0 aliphatic heterocycles. The van der Waals surface area contributed by atoms with Crippen molar-refractivity contribution in [3.05, 3.63) is 231 Å². The summed E-state index contributed by atoms with van der Waals surface area (Å²) in [6, 6.07) is 82.2. The van der Waals surface area contributed by atoms with Crippen LogP contribution in [0.15, 0.2) is 231 Å². The van der Waals surface area contributed by atoms with E-state index in [2.05, 4.69) is 228 Å². The van der Waals surface area contributed by atoms with Crippen LogP contribution in [0.4, 0.5) is 0 Å². The third kappa shape index (κ3) is 6.08. The summed E-state index contributed by atoms with van der Waals surface area (Å²) in [5, 5.41) is 4.84. The van der Waals surface area contributed by atoms with E-state index in [-0.39, 0.29) is 0 Å². The van der Waals surface area contributed by atoms with Crippen molar-refractivity contribution in [3.8, 4) is 67.5 Å². The Kier molecular flexibility index (Phi) is 8.46. The molecule has 0 saturated carbocycles. The van der Waals surface area contributed by atoms with Crippen molar-refractivity contribution in [1.29, 1.82) is 0 Å². The van der Waals surface area contributed by atoms with Crippen LogP contribution < -0.4 is 0 Å². The molecule has 62 heavy (non-hydrogen) atoms. The molecule has 12 aromatic rings. The SMILES string of the molecule is c1ccc(-c2cc(-c3ccccc3)nc(-n3c4ccccc4c4cc(-c5ccc(-c6ccc(-c7ccc8c(c7)c7ccccc7n8-c7ccccc7)cc6)cc5)ccc43)n2)cc1. The number of rotatable bonds is 7. The molecule has 4 heteroatoms. The molecule has 0 aliphatic rings. The molecule has 0 atom stereocenters. The first-order valence-electron chi connectivity index (χ1n) is 21.1. The quantitative estimate of drug-likeness (QED) is 0.161. The number of aromatic nitrogens is 4. The lowest BCUT2D eigenvalue weighted by molar-refractivity contribution is 0.995. The van der Waals surface area contributed by atoms with Gasteiger partial charge in [0.1, 0.15) is 0 Å². The van der Waals surface area contributed by atoms with Gasteiger partial charge in [0, 0.05) is 38.4 Å². The van der Waals surface area contributed by atoms with Crippen LogP contribution in [0.1, 0.15) is 0 Å². The van der Waals surface area contributed by atoms with E-state index in [9.17, 15) is 0 Å². The van der Waals surface area contributed by atoms with Gasteiger partial charge >= 0.3 is 0 Å². The Hall–Kier alpha value is -8.34. The standard InChI is InChI=1S/C58H38N4/c1-4-14-43(15-5-1)52-38-53(44-16-6-2-7-17-44)60-58(59-52)62-55-23-13-11-21-49(55)51-37-46(33-35-57(51)62)42-30-26-40(27-31-42)39-24-28-41(29-25-39)45-32-34-56-50(36-45)48-20-10-12-22-54(48)61(56)47-18-8-3-9-19-47/h1-38H. The molecule has 3 aromatic heterocycles. The van der Waals surface area contributed by atoms with Crippen molar-refractivity contribution in [2.45, 2.75) is 0 Å². The van der Waals surface area contributed by atoms with Gasteiger partial charge < -0.3 is 4.57 Å². The number of nitrogens with zero attached hydrogens (tertiary/aromatic N) is 4. The molecule has 9 aromatic carbocycles. The Morgan fingerprint density at radius 1 is 0.242 bits per heavy atom. The molecule has 0 N–H and O–H groups in total. The normalized spacial score (nSPS) is 11.5. The predicted molar refractivity (Wildman–Crippen MR) is 258 cm³/mol. The number of hydrogen-bond donors (Lipinski definition) is 0. The molecule has 0 saturated heterocycles. The minimum absolute atomic E-state index is 0.649. The second-order valence-electron chi connectivity index (χ2n) is 15.8. The molecule has 0 bridgehead atoms. The Labute approximate surface area is 359 Å². The first-order valence-corrected chi connectivity index (χ1v) is 21.1. The van der Waals surface area contributed by atoms with E-state index in [4.69, 9.17) is 9.97 Å². The summed E-state index contributed by atoms with van der Waals surface area (Å²) in [6.07, 6.45) is 0. The third-order valence-electron chi connectivity index (χ3n) is 12.2. The van der Waals surface area contributed by atoms with E-state index >= 15 is 0 Å². The fourth-order valence-corrected chi connectivity index (χ4v) is 9.13. The van der Waals surface area contributed by atoms with Crippen LogP contribution in [0.5, 0.6) is 0 Å². The highest BCUT2D eigenvalue weighted by molar-refractivity contribution is 6.11. The van der Waals surface area contributed by atoms with Crippen LogP contribution in [-0.2, 0) is 0 Å². The molecule has 290 valence electrons. The average Bonchev–Trinajstić information content (AvgIpc) is 3.87. The molecule has 0 aliphatic carbocycles. The maximum absolute atomic E-state index is 5.20. The zero-order valence-corrected chi connectivity index (χ0v) is 33.7. The highest BCUT2D eigenvalue weighted by Gasteiger charge is 2.18. The van der Waals surface area contributed by atoms with Gasteiger partial charge in [-0.05, 0) is 88.0 Å². The monoisotopic (exact) mass is 790 g/mol. The fraction of sp³-hybridized carbons (Fsp3) is 0. The maximum Gasteiger partial charge on any atom is 0.235 e. The van der Waals surface area contributed by atoms with Crippen LogP contribution in [-0.4, -0.2) is 19.1 Å². The zero-order chi connectivity index (χ0) is 41.0. The first kappa shape index (κ1) is 35.6. The smallest absolute Gasteiger partial charge is 0.235 e. The fourth-order valence-electron chi connectivity index (χ4n) is 9.13. The summed E-state index contributed by atoms with van der Waals surface area (Å²) in [5.74, 6) is 0.649. The topological polar surface area (TPSA) is 35.6 Å². The van der Waals surface area contributed by atoms with Crippen molar-refractivity contribution in [3.63, 3.8) is 0 Å². The highest BCUT2D eigenvalue weighted by atomic mass is 15.2. The summed E-state index contributed by atoms with van der Waals surface area (Å²) in [6.45, 7) is 0.